The Balaban J connectivity index is 1.60. The van der Waals surface area contributed by atoms with E-state index in [9.17, 15) is 4.39 Å². The molecule has 3 rings (SSSR count). The van der Waals surface area contributed by atoms with Gasteiger partial charge in [-0.25, -0.2) is 4.39 Å². The predicted octanol–water partition coefficient (Wildman–Crippen LogP) is 4.81. The van der Waals surface area contributed by atoms with Gasteiger partial charge in [-0.15, -0.1) is 0 Å². The smallest absolute Gasteiger partial charge is 0.148 e. The molecule has 0 atom stereocenters. The van der Waals surface area contributed by atoms with Crippen LogP contribution in [0.3, 0.4) is 0 Å². The van der Waals surface area contributed by atoms with Crippen molar-refractivity contribution in [3.63, 3.8) is 0 Å². The fraction of sp³-hybridized carbons (Fsp3) is 0.667. The first-order valence-corrected chi connectivity index (χ1v) is 8.57. The van der Waals surface area contributed by atoms with Crippen molar-refractivity contribution in [2.75, 3.05) is 23.3 Å². The number of benzene rings is 1. The molecule has 1 saturated carbocycles. The van der Waals surface area contributed by atoms with Crippen LogP contribution in [-0.4, -0.2) is 19.1 Å². The van der Waals surface area contributed by atoms with Crippen molar-refractivity contribution in [1.29, 1.82) is 0 Å². The first kappa shape index (κ1) is 14.7. The zero-order valence-electron chi connectivity index (χ0n) is 13.1. The third-order valence-corrected chi connectivity index (χ3v) is 5.19. The number of nitrogens with one attached hydrogen (secondary N) is 1. The van der Waals surface area contributed by atoms with Gasteiger partial charge in [0.25, 0.3) is 0 Å². The van der Waals surface area contributed by atoms with E-state index in [1.54, 1.807) is 6.07 Å². The molecule has 2 aliphatic rings. The number of nitrogens with zero attached hydrogens (tertiary/aromatic N) is 1. The predicted molar refractivity (Wildman–Crippen MR) is 87.5 cm³/mol. The van der Waals surface area contributed by atoms with Crippen LogP contribution in [0.25, 0.3) is 0 Å². The number of anilines is 2. The van der Waals surface area contributed by atoms with Crippen LogP contribution in [0.1, 0.15) is 51.9 Å². The van der Waals surface area contributed by atoms with Gasteiger partial charge in [0, 0.05) is 24.8 Å². The maximum atomic E-state index is 14.3. The van der Waals surface area contributed by atoms with E-state index in [1.165, 1.54) is 44.9 Å². The summed E-state index contributed by atoms with van der Waals surface area (Å²) in [4.78, 5) is 2.16. The Morgan fingerprint density at radius 2 is 1.86 bits per heavy atom. The van der Waals surface area contributed by atoms with Gasteiger partial charge in [-0.3, -0.25) is 0 Å². The lowest BCUT2D eigenvalue weighted by Gasteiger charge is -2.29. The molecule has 1 aliphatic heterocycles. The Morgan fingerprint density at radius 1 is 1.14 bits per heavy atom. The summed E-state index contributed by atoms with van der Waals surface area (Å²) in [5, 5.41) is 3.53. The van der Waals surface area contributed by atoms with Crippen LogP contribution in [0.15, 0.2) is 18.2 Å². The second kappa shape index (κ2) is 6.67. The third kappa shape index (κ3) is 3.50. The number of rotatable bonds is 4. The summed E-state index contributed by atoms with van der Waals surface area (Å²) in [5.41, 5.74) is 1.71. The van der Waals surface area contributed by atoms with Crippen LogP contribution in [0.2, 0.25) is 0 Å². The van der Waals surface area contributed by atoms with E-state index in [4.69, 9.17) is 0 Å². The van der Waals surface area contributed by atoms with Gasteiger partial charge < -0.3 is 10.2 Å². The second-order valence-electron chi connectivity index (χ2n) is 6.63. The Hall–Kier alpha value is -1.25. The molecule has 1 aromatic rings. The minimum absolute atomic E-state index is 0.0795. The summed E-state index contributed by atoms with van der Waals surface area (Å²) in [7, 11) is 0. The summed E-state index contributed by atoms with van der Waals surface area (Å²) in [5.74, 6) is 0.821. The van der Waals surface area contributed by atoms with Crippen LogP contribution in [0.4, 0.5) is 15.8 Å². The van der Waals surface area contributed by atoms with E-state index in [1.807, 2.05) is 12.1 Å². The first-order valence-electron chi connectivity index (χ1n) is 8.57. The summed E-state index contributed by atoms with van der Waals surface area (Å²) in [6, 6.07) is 6.19. The molecular weight excluding hydrogens is 263 g/mol. The average molecular weight is 290 g/mol. The Kier molecular flexibility index (Phi) is 4.67. The fourth-order valence-corrected chi connectivity index (χ4v) is 3.76. The topological polar surface area (TPSA) is 15.3 Å². The fourth-order valence-electron chi connectivity index (χ4n) is 3.76. The monoisotopic (exact) mass is 290 g/mol. The molecule has 0 spiro atoms. The van der Waals surface area contributed by atoms with Crippen LogP contribution in [0.5, 0.6) is 0 Å². The quantitative estimate of drug-likeness (QED) is 0.856. The first-order chi connectivity index (χ1) is 10.3. The molecule has 2 fully saturated rings. The number of halogens is 1. The zero-order chi connectivity index (χ0) is 14.7. The van der Waals surface area contributed by atoms with Crippen molar-refractivity contribution >= 4 is 11.4 Å². The van der Waals surface area contributed by atoms with E-state index in [0.29, 0.717) is 6.04 Å². The van der Waals surface area contributed by atoms with E-state index >= 15 is 0 Å². The third-order valence-electron chi connectivity index (χ3n) is 5.19. The molecule has 3 heteroatoms. The molecule has 2 nitrogen and oxygen atoms in total. The largest absolute Gasteiger partial charge is 0.382 e. The van der Waals surface area contributed by atoms with Crippen molar-refractivity contribution in [1.82, 2.24) is 0 Å². The van der Waals surface area contributed by atoms with Crippen molar-refractivity contribution < 1.29 is 4.39 Å². The van der Waals surface area contributed by atoms with Gasteiger partial charge in [0.05, 0.1) is 5.69 Å². The molecule has 0 radical (unpaired) electrons. The van der Waals surface area contributed by atoms with Gasteiger partial charge in [-0.1, -0.05) is 13.3 Å². The van der Waals surface area contributed by atoms with Gasteiger partial charge in [0.15, 0.2) is 0 Å². The highest BCUT2D eigenvalue weighted by Crippen LogP contribution is 2.30. The highest BCUT2D eigenvalue weighted by Gasteiger charge is 2.21. The van der Waals surface area contributed by atoms with E-state index in [0.717, 1.165) is 30.4 Å². The summed E-state index contributed by atoms with van der Waals surface area (Å²) >= 11 is 0. The molecule has 0 bridgehead atoms. The highest BCUT2D eigenvalue weighted by atomic mass is 19.1. The molecule has 1 aliphatic carbocycles. The van der Waals surface area contributed by atoms with E-state index in [2.05, 4.69) is 17.1 Å². The molecule has 0 amide bonds. The summed E-state index contributed by atoms with van der Waals surface area (Å²) in [6.07, 6.45) is 8.71. The molecule has 0 aromatic heterocycles. The molecule has 116 valence electrons. The molecule has 0 unspecified atom stereocenters. The van der Waals surface area contributed by atoms with Crippen LogP contribution in [0, 0.1) is 11.7 Å². The molecule has 1 heterocycles. The number of hydrogen-bond acceptors (Lipinski definition) is 2. The van der Waals surface area contributed by atoms with E-state index in [-0.39, 0.29) is 5.82 Å². The van der Waals surface area contributed by atoms with Crippen LogP contribution in [-0.2, 0) is 0 Å². The lowest BCUT2D eigenvalue weighted by atomic mass is 9.84. The van der Waals surface area contributed by atoms with E-state index < -0.39 is 0 Å². The second-order valence-corrected chi connectivity index (χ2v) is 6.63. The van der Waals surface area contributed by atoms with Crippen molar-refractivity contribution in [2.45, 2.75) is 57.9 Å². The maximum absolute atomic E-state index is 14.3. The Morgan fingerprint density at radius 3 is 2.48 bits per heavy atom. The highest BCUT2D eigenvalue weighted by molar-refractivity contribution is 5.57. The van der Waals surface area contributed by atoms with Gasteiger partial charge in [0.2, 0.25) is 0 Å². The molecule has 1 saturated heterocycles. The normalized spacial score (nSPS) is 26.1. The van der Waals surface area contributed by atoms with Crippen molar-refractivity contribution in [3.05, 3.63) is 24.0 Å². The van der Waals surface area contributed by atoms with Crippen molar-refractivity contribution in [2.24, 2.45) is 5.92 Å². The zero-order valence-corrected chi connectivity index (χ0v) is 13.1. The van der Waals surface area contributed by atoms with Crippen molar-refractivity contribution in [3.8, 4) is 0 Å². The Labute approximate surface area is 127 Å². The van der Waals surface area contributed by atoms with Gasteiger partial charge in [-0.05, 0) is 62.6 Å². The van der Waals surface area contributed by atoms with Gasteiger partial charge in [-0.2, -0.15) is 0 Å². The minimum atomic E-state index is -0.0795. The Bertz CT molecular complexity index is 460. The average Bonchev–Trinajstić information content (AvgIpc) is 3.02. The summed E-state index contributed by atoms with van der Waals surface area (Å²) in [6.45, 7) is 4.26. The molecule has 1 aromatic carbocycles. The molecule has 1 N–H and O–H groups in total. The standard InChI is InChI=1S/C18H27FN2/c1-2-14-5-7-15(8-6-14)20-16-9-10-18(17(19)13-16)21-11-3-4-12-21/h9-10,13-15,20H,2-8,11-12H2,1H3. The summed E-state index contributed by atoms with van der Waals surface area (Å²) < 4.78 is 14.3. The lowest BCUT2D eigenvalue weighted by molar-refractivity contribution is 0.330. The van der Waals surface area contributed by atoms with Crippen LogP contribution < -0.4 is 10.2 Å². The van der Waals surface area contributed by atoms with Gasteiger partial charge >= 0.3 is 0 Å². The minimum Gasteiger partial charge on any atom is -0.382 e. The lowest BCUT2D eigenvalue weighted by Crippen LogP contribution is -2.26. The maximum Gasteiger partial charge on any atom is 0.148 e. The molecule has 21 heavy (non-hydrogen) atoms. The molecular formula is C18H27FN2. The van der Waals surface area contributed by atoms with Gasteiger partial charge in [0.1, 0.15) is 5.82 Å². The SMILES string of the molecule is CCC1CCC(Nc2ccc(N3CCCC3)c(F)c2)CC1. The van der Waals surface area contributed by atoms with Crippen LogP contribution >= 0.6 is 0 Å². The number of hydrogen-bond donors (Lipinski definition) is 1.